The molecule has 36 heavy (non-hydrogen) atoms. The van der Waals surface area contributed by atoms with Crippen molar-refractivity contribution in [3.8, 4) is 5.75 Å². The average molecular weight is 500 g/mol. The van der Waals surface area contributed by atoms with E-state index in [0.717, 1.165) is 10.5 Å². The Morgan fingerprint density at radius 3 is 2.28 bits per heavy atom. The fourth-order valence-electron chi connectivity index (χ4n) is 3.45. The first-order valence-corrected chi connectivity index (χ1v) is 11.3. The summed E-state index contributed by atoms with van der Waals surface area (Å²) >= 11 is 0. The minimum absolute atomic E-state index is 0.105. The number of phenols is 1. The topological polar surface area (TPSA) is 134 Å². The molecular weight excluding hydrogens is 466 g/mol. The number of rotatable bonds is 9. The molecule has 0 bridgehead atoms. The van der Waals surface area contributed by atoms with Crippen molar-refractivity contribution in [2.24, 2.45) is 0 Å². The number of hydrogen-bond donors (Lipinski definition) is 3. The van der Waals surface area contributed by atoms with Crippen LogP contribution in [0.5, 0.6) is 5.75 Å². The van der Waals surface area contributed by atoms with Crippen LogP contribution in [-0.2, 0) is 30.3 Å². The van der Waals surface area contributed by atoms with Crippen LogP contribution in [0.3, 0.4) is 0 Å². The number of methoxy groups -OCH3 is 1. The van der Waals surface area contributed by atoms with Crippen LogP contribution in [0.15, 0.2) is 54.6 Å². The molecule has 0 aromatic heterocycles. The molecule has 2 aromatic carbocycles. The van der Waals surface area contributed by atoms with Crippen molar-refractivity contribution in [3.05, 3.63) is 65.7 Å². The highest BCUT2D eigenvalue weighted by Gasteiger charge is 2.34. The third kappa shape index (κ3) is 8.61. The molecule has 2 aromatic rings. The summed E-state index contributed by atoms with van der Waals surface area (Å²) in [5.41, 5.74) is 0.307. The van der Waals surface area contributed by atoms with Crippen LogP contribution in [0.2, 0.25) is 0 Å². The highest BCUT2D eigenvalue weighted by Crippen LogP contribution is 2.24. The van der Waals surface area contributed by atoms with Gasteiger partial charge in [-0.1, -0.05) is 42.5 Å². The predicted octanol–water partition coefficient (Wildman–Crippen LogP) is 2.32. The van der Waals surface area contributed by atoms with Gasteiger partial charge in [-0.05, 0) is 44.0 Å². The van der Waals surface area contributed by atoms with Gasteiger partial charge in [0, 0.05) is 13.5 Å². The summed E-state index contributed by atoms with van der Waals surface area (Å²) in [6, 6.07) is 12.7. The highest BCUT2D eigenvalue weighted by molar-refractivity contribution is 5.93. The van der Waals surface area contributed by atoms with Gasteiger partial charge in [0.1, 0.15) is 30.0 Å². The molecule has 0 radical (unpaired) electrons. The summed E-state index contributed by atoms with van der Waals surface area (Å²) in [4.78, 5) is 52.0. The second-order valence-electron chi connectivity index (χ2n) is 9.13. The molecule has 0 aliphatic carbocycles. The molecule has 0 spiro atoms. The number of nitrogens with one attached hydrogen (secondary N) is 2. The molecule has 10 heteroatoms. The highest BCUT2D eigenvalue weighted by atomic mass is 16.6. The lowest BCUT2D eigenvalue weighted by molar-refractivity contribution is -0.143. The molecule has 3 amide bonds. The third-order valence-corrected chi connectivity index (χ3v) is 5.08. The molecule has 0 saturated carbocycles. The van der Waals surface area contributed by atoms with E-state index in [-0.39, 0.29) is 12.2 Å². The number of benzene rings is 2. The molecule has 2 unspecified atom stereocenters. The van der Waals surface area contributed by atoms with E-state index < -0.39 is 48.1 Å². The van der Waals surface area contributed by atoms with Gasteiger partial charge in [0.15, 0.2) is 0 Å². The Morgan fingerprint density at radius 2 is 1.69 bits per heavy atom. The monoisotopic (exact) mass is 499 g/mol. The Bertz CT molecular complexity index is 1070. The van der Waals surface area contributed by atoms with E-state index in [1.807, 2.05) is 30.3 Å². The lowest BCUT2D eigenvalue weighted by Crippen LogP contribution is -2.52. The van der Waals surface area contributed by atoms with Crippen molar-refractivity contribution in [2.75, 3.05) is 20.7 Å². The maximum Gasteiger partial charge on any atom is 0.408 e. The summed E-state index contributed by atoms with van der Waals surface area (Å²) in [7, 11) is 2.59. The van der Waals surface area contributed by atoms with Crippen LogP contribution in [0.1, 0.15) is 37.9 Å². The molecule has 0 aliphatic rings. The van der Waals surface area contributed by atoms with Crippen LogP contribution in [0.25, 0.3) is 0 Å². The van der Waals surface area contributed by atoms with Gasteiger partial charge in [-0.15, -0.1) is 0 Å². The van der Waals surface area contributed by atoms with E-state index in [2.05, 4.69) is 15.4 Å². The lowest BCUT2D eigenvalue weighted by atomic mass is 10.0. The molecule has 194 valence electrons. The van der Waals surface area contributed by atoms with E-state index in [1.165, 1.54) is 32.4 Å². The number of aromatic hydroxyl groups is 1. The molecular formula is C26H33N3O7. The van der Waals surface area contributed by atoms with Gasteiger partial charge in [0.25, 0.3) is 0 Å². The number of ether oxygens (including phenoxy) is 2. The number of esters is 1. The Morgan fingerprint density at radius 1 is 1.03 bits per heavy atom. The van der Waals surface area contributed by atoms with Gasteiger partial charge in [0.05, 0.1) is 7.11 Å². The van der Waals surface area contributed by atoms with Crippen LogP contribution >= 0.6 is 0 Å². The average Bonchev–Trinajstić information content (AvgIpc) is 2.81. The molecule has 3 N–H and O–H groups in total. The number of alkyl carbamates (subject to hydrolysis) is 1. The normalized spacial score (nSPS) is 12.6. The van der Waals surface area contributed by atoms with Crippen molar-refractivity contribution in [1.29, 1.82) is 0 Å². The zero-order valence-corrected chi connectivity index (χ0v) is 21.1. The zero-order chi connectivity index (χ0) is 26.9. The zero-order valence-electron chi connectivity index (χ0n) is 21.1. The summed E-state index contributed by atoms with van der Waals surface area (Å²) < 4.78 is 9.90. The summed E-state index contributed by atoms with van der Waals surface area (Å²) in [6.45, 7) is 4.71. The first-order valence-electron chi connectivity index (χ1n) is 11.3. The van der Waals surface area contributed by atoms with E-state index in [1.54, 1.807) is 26.8 Å². The van der Waals surface area contributed by atoms with Crippen LogP contribution < -0.4 is 10.6 Å². The van der Waals surface area contributed by atoms with Crippen molar-refractivity contribution in [3.63, 3.8) is 0 Å². The summed E-state index contributed by atoms with van der Waals surface area (Å²) in [5.74, 6) is -2.02. The number of carbonyl (C=O) groups excluding carboxylic acids is 4. The SMILES string of the molecule is COC(=O)CNC(=O)C(c1cccc(O)c1)N(C)C(=O)C(Cc1ccccc1)NC(=O)OC(C)(C)C. The number of phenolic OH excluding ortho intramolecular Hbond substituents is 1. The first-order chi connectivity index (χ1) is 16.9. The molecule has 0 saturated heterocycles. The second kappa shape index (κ2) is 12.6. The minimum Gasteiger partial charge on any atom is -0.508 e. The Balaban J connectivity index is 2.38. The molecule has 0 aliphatic heterocycles. The van der Waals surface area contributed by atoms with Gasteiger partial charge in [-0.25, -0.2) is 4.79 Å². The number of hydrogen-bond acceptors (Lipinski definition) is 7. The maximum atomic E-state index is 13.7. The number of nitrogens with zero attached hydrogens (tertiary/aromatic N) is 1. The summed E-state index contributed by atoms with van der Waals surface area (Å²) in [5, 5.41) is 15.0. The Hall–Kier alpha value is -4.08. The predicted molar refractivity (Wildman–Crippen MR) is 132 cm³/mol. The van der Waals surface area contributed by atoms with Gasteiger partial charge in [-0.3, -0.25) is 14.4 Å². The molecule has 2 rings (SSSR count). The lowest BCUT2D eigenvalue weighted by Gasteiger charge is -2.31. The van der Waals surface area contributed by atoms with E-state index >= 15 is 0 Å². The largest absolute Gasteiger partial charge is 0.508 e. The van der Waals surface area contributed by atoms with Gasteiger partial charge >= 0.3 is 12.1 Å². The standard InChI is InChI=1S/C26H33N3O7/c1-26(2,3)36-25(34)28-20(14-17-10-7-6-8-11-17)24(33)29(4)22(18-12-9-13-19(30)15-18)23(32)27-16-21(31)35-5/h6-13,15,20,22,30H,14,16H2,1-5H3,(H,27,32)(H,28,34). The van der Waals surface area contributed by atoms with Crippen molar-refractivity contribution in [2.45, 2.75) is 44.9 Å². The molecule has 2 atom stereocenters. The molecule has 0 fully saturated rings. The van der Waals surface area contributed by atoms with Crippen molar-refractivity contribution < 1.29 is 33.8 Å². The number of amides is 3. The maximum absolute atomic E-state index is 13.7. The summed E-state index contributed by atoms with van der Waals surface area (Å²) in [6.07, 6.45) is -0.644. The van der Waals surface area contributed by atoms with Crippen molar-refractivity contribution in [1.82, 2.24) is 15.5 Å². The fourth-order valence-corrected chi connectivity index (χ4v) is 3.45. The van der Waals surface area contributed by atoms with E-state index in [9.17, 15) is 24.3 Å². The minimum atomic E-state index is -1.21. The van der Waals surface area contributed by atoms with Crippen LogP contribution in [0, 0.1) is 0 Å². The van der Waals surface area contributed by atoms with Crippen LogP contribution in [0.4, 0.5) is 4.79 Å². The van der Waals surface area contributed by atoms with Crippen LogP contribution in [-0.4, -0.2) is 66.2 Å². The first kappa shape index (κ1) is 28.2. The quantitative estimate of drug-likeness (QED) is 0.451. The second-order valence-corrected chi connectivity index (χ2v) is 9.13. The Kier molecular flexibility index (Phi) is 9.83. The van der Waals surface area contributed by atoms with E-state index in [0.29, 0.717) is 5.56 Å². The number of likely N-dealkylation sites (N-methyl/N-ethyl adjacent to an activating group) is 1. The van der Waals surface area contributed by atoms with Crippen molar-refractivity contribution >= 4 is 23.9 Å². The van der Waals surface area contributed by atoms with Gasteiger partial charge < -0.3 is 30.1 Å². The fraction of sp³-hybridized carbons (Fsp3) is 0.385. The van der Waals surface area contributed by atoms with E-state index in [4.69, 9.17) is 4.74 Å². The van der Waals surface area contributed by atoms with Gasteiger partial charge in [-0.2, -0.15) is 0 Å². The number of carbonyl (C=O) groups is 4. The Labute approximate surface area is 210 Å². The third-order valence-electron chi connectivity index (χ3n) is 5.08. The van der Waals surface area contributed by atoms with Gasteiger partial charge in [0.2, 0.25) is 11.8 Å². The smallest absolute Gasteiger partial charge is 0.408 e. The molecule has 10 nitrogen and oxygen atoms in total. The molecule has 0 heterocycles.